The van der Waals surface area contributed by atoms with Gasteiger partial charge in [-0.15, -0.1) is 0 Å². The highest BCUT2D eigenvalue weighted by molar-refractivity contribution is 6.06. The number of aromatic amines is 2. The van der Waals surface area contributed by atoms with Gasteiger partial charge in [0, 0.05) is 11.3 Å². The number of nitrogens with one attached hydrogen (secondary N) is 3. The van der Waals surface area contributed by atoms with Gasteiger partial charge >= 0.3 is 17.1 Å². The molecule has 1 amide bonds. The molecular weight excluding hydrogens is 314 g/mol. The standard InChI is InChI=1S/C16H11N3O5/c20-13(17-10-3-1-2-9(6-10)16(23)24)8-4-5-11-12(7-8)19-15(22)14(21)18-11/h1-7H,(H,17,20)(H,18,21)(H,19,22)(H,23,24). The molecule has 0 radical (unpaired) electrons. The maximum Gasteiger partial charge on any atom is 0.335 e. The molecule has 8 nitrogen and oxygen atoms in total. The van der Waals surface area contributed by atoms with Crippen LogP contribution in [0.4, 0.5) is 5.69 Å². The fraction of sp³-hybridized carbons (Fsp3) is 0. The summed E-state index contributed by atoms with van der Waals surface area (Å²) in [5, 5.41) is 11.5. The number of carboxylic acids is 1. The molecule has 0 aliphatic rings. The number of amides is 1. The predicted octanol–water partition coefficient (Wildman–Crippen LogP) is 1.17. The summed E-state index contributed by atoms with van der Waals surface area (Å²) in [7, 11) is 0. The van der Waals surface area contributed by atoms with Gasteiger partial charge in [0.25, 0.3) is 5.91 Å². The van der Waals surface area contributed by atoms with Crippen molar-refractivity contribution in [2.24, 2.45) is 0 Å². The van der Waals surface area contributed by atoms with E-state index >= 15 is 0 Å². The third-order valence-corrected chi connectivity index (χ3v) is 3.35. The average molecular weight is 325 g/mol. The van der Waals surface area contributed by atoms with Crippen LogP contribution in [0.15, 0.2) is 52.1 Å². The van der Waals surface area contributed by atoms with E-state index in [9.17, 15) is 19.2 Å². The molecular formula is C16H11N3O5. The van der Waals surface area contributed by atoms with Crippen molar-refractivity contribution in [1.82, 2.24) is 9.97 Å². The molecule has 8 heteroatoms. The molecule has 2 aromatic carbocycles. The summed E-state index contributed by atoms with van der Waals surface area (Å²) in [4.78, 5) is 50.6. The topological polar surface area (TPSA) is 132 Å². The molecule has 0 aliphatic heterocycles. The van der Waals surface area contributed by atoms with Gasteiger partial charge in [-0.1, -0.05) is 6.07 Å². The minimum Gasteiger partial charge on any atom is -0.478 e. The number of rotatable bonds is 3. The van der Waals surface area contributed by atoms with Crippen molar-refractivity contribution in [2.45, 2.75) is 0 Å². The Morgan fingerprint density at radius 1 is 0.875 bits per heavy atom. The predicted molar refractivity (Wildman–Crippen MR) is 86.5 cm³/mol. The van der Waals surface area contributed by atoms with Crippen LogP contribution in [0.25, 0.3) is 11.0 Å². The van der Waals surface area contributed by atoms with Crippen LogP contribution in [0, 0.1) is 0 Å². The zero-order valence-corrected chi connectivity index (χ0v) is 12.1. The summed E-state index contributed by atoms with van der Waals surface area (Å²) in [6.07, 6.45) is 0. The van der Waals surface area contributed by atoms with Gasteiger partial charge in [-0.05, 0) is 36.4 Å². The van der Waals surface area contributed by atoms with E-state index in [1.165, 1.54) is 36.4 Å². The molecule has 0 spiro atoms. The Bertz CT molecular complexity index is 1080. The number of anilines is 1. The molecule has 1 heterocycles. The van der Waals surface area contributed by atoms with Crippen LogP contribution in [0.1, 0.15) is 20.7 Å². The molecule has 0 unspecified atom stereocenters. The maximum absolute atomic E-state index is 12.3. The van der Waals surface area contributed by atoms with Gasteiger partial charge in [0.05, 0.1) is 16.6 Å². The Kier molecular flexibility index (Phi) is 3.70. The first-order chi connectivity index (χ1) is 11.4. The second-order valence-electron chi connectivity index (χ2n) is 5.01. The van der Waals surface area contributed by atoms with E-state index in [2.05, 4.69) is 15.3 Å². The van der Waals surface area contributed by atoms with E-state index in [1.54, 1.807) is 6.07 Å². The number of benzene rings is 2. The lowest BCUT2D eigenvalue weighted by Gasteiger charge is -2.07. The maximum atomic E-state index is 12.3. The average Bonchev–Trinajstić information content (AvgIpc) is 2.55. The van der Waals surface area contributed by atoms with Crippen molar-refractivity contribution in [1.29, 1.82) is 0 Å². The van der Waals surface area contributed by atoms with Crippen molar-refractivity contribution in [2.75, 3.05) is 5.32 Å². The second-order valence-corrected chi connectivity index (χ2v) is 5.01. The normalized spacial score (nSPS) is 10.5. The van der Waals surface area contributed by atoms with E-state index in [4.69, 9.17) is 5.11 Å². The first-order valence-electron chi connectivity index (χ1n) is 6.85. The molecule has 120 valence electrons. The Hall–Kier alpha value is -3.68. The minimum atomic E-state index is -1.10. The Morgan fingerprint density at radius 3 is 2.29 bits per heavy atom. The molecule has 0 saturated carbocycles. The van der Waals surface area contributed by atoms with Crippen LogP contribution in [0.5, 0.6) is 0 Å². The second kappa shape index (κ2) is 5.84. The van der Waals surface area contributed by atoms with Crippen molar-refractivity contribution >= 4 is 28.6 Å². The number of carbonyl (C=O) groups excluding carboxylic acids is 1. The lowest BCUT2D eigenvalue weighted by molar-refractivity contribution is 0.0696. The van der Waals surface area contributed by atoms with Crippen molar-refractivity contribution < 1.29 is 14.7 Å². The van der Waals surface area contributed by atoms with E-state index in [0.29, 0.717) is 16.7 Å². The monoisotopic (exact) mass is 325 g/mol. The Balaban J connectivity index is 1.92. The number of hydrogen-bond acceptors (Lipinski definition) is 4. The zero-order chi connectivity index (χ0) is 17.3. The van der Waals surface area contributed by atoms with Gasteiger partial charge in [0.2, 0.25) is 0 Å². The van der Waals surface area contributed by atoms with Gasteiger partial charge in [0.15, 0.2) is 0 Å². The highest BCUT2D eigenvalue weighted by Gasteiger charge is 2.10. The van der Waals surface area contributed by atoms with Crippen molar-refractivity contribution in [3.05, 3.63) is 74.3 Å². The number of carbonyl (C=O) groups is 2. The molecule has 1 aromatic heterocycles. The number of carboxylic acid groups (broad SMARTS) is 1. The molecule has 0 aliphatic carbocycles. The number of H-pyrrole nitrogens is 2. The number of aromatic nitrogens is 2. The van der Waals surface area contributed by atoms with Crippen LogP contribution in [-0.4, -0.2) is 27.0 Å². The molecule has 0 saturated heterocycles. The molecule has 24 heavy (non-hydrogen) atoms. The third kappa shape index (κ3) is 2.93. The number of hydrogen-bond donors (Lipinski definition) is 4. The van der Waals surface area contributed by atoms with E-state index in [1.807, 2.05) is 0 Å². The Morgan fingerprint density at radius 2 is 1.58 bits per heavy atom. The fourth-order valence-electron chi connectivity index (χ4n) is 2.19. The van der Waals surface area contributed by atoms with Crippen LogP contribution < -0.4 is 16.4 Å². The van der Waals surface area contributed by atoms with Gasteiger partial charge in [-0.3, -0.25) is 14.4 Å². The molecule has 0 fully saturated rings. The Labute approximate surface area is 133 Å². The number of aromatic carboxylic acids is 1. The van der Waals surface area contributed by atoms with E-state index in [0.717, 1.165) is 0 Å². The quantitative estimate of drug-likeness (QED) is 0.537. The summed E-state index contributed by atoms with van der Waals surface area (Å²) in [5.74, 6) is -1.58. The molecule has 0 bridgehead atoms. The lowest BCUT2D eigenvalue weighted by Crippen LogP contribution is -2.29. The van der Waals surface area contributed by atoms with Crippen LogP contribution >= 0.6 is 0 Å². The summed E-state index contributed by atoms with van der Waals surface area (Å²) in [6.45, 7) is 0. The van der Waals surface area contributed by atoms with Gasteiger partial charge < -0.3 is 20.4 Å². The summed E-state index contributed by atoms with van der Waals surface area (Å²) in [5.41, 5.74) is -0.260. The molecule has 4 N–H and O–H groups in total. The number of fused-ring (bicyclic) bond motifs is 1. The van der Waals surface area contributed by atoms with E-state index < -0.39 is 23.0 Å². The summed E-state index contributed by atoms with van der Waals surface area (Å²) >= 11 is 0. The zero-order valence-electron chi connectivity index (χ0n) is 12.1. The smallest absolute Gasteiger partial charge is 0.335 e. The molecule has 3 aromatic rings. The largest absolute Gasteiger partial charge is 0.478 e. The van der Waals surface area contributed by atoms with Gasteiger partial charge in [0.1, 0.15) is 0 Å². The van der Waals surface area contributed by atoms with E-state index in [-0.39, 0.29) is 11.1 Å². The van der Waals surface area contributed by atoms with Crippen molar-refractivity contribution in [3.8, 4) is 0 Å². The first kappa shape index (κ1) is 15.2. The van der Waals surface area contributed by atoms with Crippen LogP contribution in [0.3, 0.4) is 0 Å². The van der Waals surface area contributed by atoms with Gasteiger partial charge in [-0.2, -0.15) is 0 Å². The van der Waals surface area contributed by atoms with Crippen molar-refractivity contribution in [3.63, 3.8) is 0 Å². The fourth-order valence-corrected chi connectivity index (χ4v) is 2.19. The summed E-state index contributed by atoms with van der Waals surface area (Å²) < 4.78 is 0. The molecule has 3 rings (SSSR count). The molecule has 0 atom stereocenters. The van der Waals surface area contributed by atoms with Crippen LogP contribution in [-0.2, 0) is 0 Å². The van der Waals surface area contributed by atoms with Crippen LogP contribution in [0.2, 0.25) is 0 Å². The first-order valence-corrected chi connectivity index (χ1v) is 6.85. The highest BCUT2D eigenvalue weighted by atomic mass is 16.4. The lowest BCUT2D eigenvalue weighted by atomic mass is 10.1. The summed E-state index contributed by atoms with van der Waals surface area (Å²) in [6, 6.07) is 10.2. The van der Waals surface area contributed by atoms with Gasteiger partial charge in [-0.25, -0.2) is 4.79 Å². The highest BCUT2D eigenvalue weighted by Crippen LogP contribution is 2.14. The minimum absolute atomic E-state index is 0.0493. The SMILES string of the molecule is O=C(O)c1cccc(NC(=O)c2ccc3[nH]c(=O)c(=O)[nH]c3c2)c1. The third-order valence-electron chi connectivity index (χ3n) is 3.35.